The fourth-order valence-corrected chi connectivity index (χ4v) is 2.18. The second-order valence-electron chi connectivity index (χ2n) is 4.23. The molecule has 1 saturated heterocycles. The van der Waals surface area contributed by atoms with Crippen molar-refractivity contribution in [2.45, 2.75) is 0 Å². The van der Waals surface area contributed by atoms with Crippen molar-refractivity contribution < 1.29 is 4.79 Å². The predicted molar refractivity (Wildman–Crippen MR) is 70.8 cm³/mol. The molecule has 0 bridgehead atoms. The van der Waals surface area contributed by atoms with Crippen molar-refractivity contribution >= 4 is 29.1 Å². The molecule has 1 aliphatic heterocycles. The summed E-state index contributed by atoms with van der Waals surface area (Å²) in [4.78, 5) is 18.0. The number of rotatable bonds is 2. The number of hydrazine groups is 1. The quantitative estimate of drug-likeness (QED) is 0.833. The molecule has 98 valence electrons. The van der Waals surface area contributed by atoms with Crippen molar-refractivity contribution in [1.82, 2.24) is 20.3 Å². The van der Waals surface area contributed by atoms with Gasteiger partial charge in [-0.15, -0.1) is 0 Å². The van der Waals surface area contributed by atoms with Crippen LogP contribution < -0.4 is 5.43 Å². The molecule has 7 heteroatoms. The number of amides is 1. The summed E-state index contributed by atoms with van der Waals surface area (Å²) in [5.74, 6) is -0.217. The van der Waals surface area contributed by atoms with E-state index < -0.39 is 0 Å². The first kappa shape index (κ1) is 13.5. The summed E-state index contributed by atoms with van der Waals surface area (Å²) < 4.78 is 0. The Balaban J connectivity index is 1.99. The Morgan fingerprint density at radius 2 is 1.78 bits per heavy atom. The van der Waals surface area contributed by atoms with Crippen LogP contribution in [0, 0.1) is 0 Å². The largest absolute Gasteiger partial charge is 0.304 e. The van der Waals surface area contributed by atoms with Crippen LogP contribution in [0.25, 0.3) is 0 Å². The van der Waals surface area contributed by atoms with Gasteiger partial charge in [0.2, 0.25) is 0 Å². The lowest BCUT2D eigenvalue weighted by molar-refractivity contribution is 0.0662. The summed E-state index contributed by atoms with van der Waals surface area (Å²) >= 11 is 11.5. The van der Waals surface area contributed by atoms with Crippen molar-refractivity contribution in [3.05, 3.63) is 28.0 Å². The summed E-state index contributed by atoms with van der Waals surface area (Å²) in [6.07, 6.45) is 0. The van der Waals surface area contributed by atoms with Crippen LogP contribution in [0.1, 0.15) is 10.4 Å². The fraction of sp³-hybridized carbons (Fsp3) is 0.455. The summed E-state index contributed by atoms with van der Waals surface area (Å²) in [5, 5.41) is 2.32. The van der Waals surface area contributed by atoms with Crippen LogP contribution in [0.5, 0.6) is 0 Å². The zero-order valence-corrected chi connectivity index (χ0v) is 11.5. The van der Waals surface area contributed by atoms with Crippen molar-refractivity contribution in [2.75, 3.05) is 33.2 Å². The van der Waals surface area contributed by atoms with E-state index in [4.69, 9.17) is 23.2 Å². The standard InChI is InChI=1S/C11H14Cl2N4O/c1-16-2-4-17(5-3-16)15-11(18)8-6-9(12)14-10(13)7-8/h6-7H,2-5H2,1H3,(H,15,18). The topological polar surface area (TPSA) is 48.5 Å². The monoisotopic (exact) mass is 288 g/mol. The highest BCUT2D eigenvalue weighted by Gasteiger charge is 2.17. The van der Waals surface area contributed by atoms with Gasteiger partial charge in [-0.2, -0.15) is 0 Å². The number of pyridine rings is 1. The van der Waals surface area contributed by atoms with E-state index in [0.29, 0.717) is 5.56 Å². The molecule has 0 unspecified atom stereocenters. The molecular weight excluding hydrogens is 275 g/mol. The first-order chi connectivity index (χ1) is 8.54. The smallest absolute Gasteiger partial charge is 0.265 e. The molecule has 1 amide bonds. The molecule has 1 aliphatic rings. The molecule has 0 saturated carbocycles. The fourth-order valence-electron chi connectivity index (χ4n) is 1.72. The van der Waals surface area contributed by atoms with E-state index in [0.717, 1.165) is 26.2 Å². The van der Waals surface area contributed by atoms with Crippen LogP contribution in [0.3, 0.4) is 0 Å². The molecule has 0 aromatic carbocycles. The van der Waals surface area contributed by atoms with E-state index in [9.17, 15) is 4.79 Å². The molecule has 1 aromatic rings. The highest BCUT2D eigenvalue weighted by atomic mass is 35.5. The first-order valence-corrected chi connectivity index (χ1v) is 6.38. The number of nitrogens with zero attached hydrogens (tertiary/aromatic N) is 3. The average molecular weight is 289 g/mol. The van der Waals surface area contributed by atoms with Gasteiger partial charge in [-0.25, -0.2) is 9.99 Å². The molecule has 0 atom stereocenters. The Kier molecular flexibility index (Phi) is 4.40. The Labute approximate surface area is 116 Å². The maximum Gasteiger partial charge on any atom is 0.265 e. The SMILES string of the molecule is CN1CCN(NC(=O)c2cc(Cl)nc(Cl)c2)CC1. The van der Waals surface area contributed by atoms with E-state index in [1.165, 1.54) is 12.1 Å². The van der Waals surface area contributed by atoms with Gasteiger partial charge >= 0.3 is 0 Å². The summed E-state index contributed by atoms with van der Waals surface area (Å²) in [6.45, 7) is 3.46. The van der Waals surface area contributed by atoms with Crippen LogP contribution >= 0.6 is 23.2 Å². The van der Waals surface area contributed by atoms with Crippen molar-refractivity contribution in [3.8, 4) is 0 Å². The molecule has 0 spiro atoms. The summed E-state index contributed by atoms with van der Waals surface area (Å²) in [5.41, 5.74) is 3.25. The minimum absolute atomic E-state index is 0.214. The molecule has 18 heavy (non-hydrogen) atoms. The molecule has 1 aromatic heterocycles. The number of carbonyl (C=O) groups excluding carboxylic acids is 1. The van der Waals surface area contributed by atoms with Crippen LogP contribution in [0.2, 0.25) is 10.3 Å². The minimum Gasteiger partial charge on any atom is -0.304 e. The van der Waals surface area contributed by atoms with Crippen LogP contribution in [-0.4, -0.2) is 54.0 Å². The van der Waals surface area contributed by atoms with Gasteiger partial charge in [0.1, 0.15) is 10.3 Å². The molecule has 0 aliphatic carbocycles. The number of aromatic nitrogens is 1. The number of hydrogen-bond acceptors (Lipinski definition) is 4. The third-order valence-corrected chi connectivity index (χ3v) is 3.18. The van der Waals surface area contributed by atoms with Crippen LogP contribution in [-0.2, 0) is 0 Å². The number of hydrogen-bond donors (Lipinski definition) is 1. The highest BCUT2D eigenvalue weighted by molar-refractivity contribution is 6.33. The second kappa shape index (κ2) is 5.84. The number of halogens is 2. The van der Waals surface area contributed by atoms with Gasteiger partial charge in [-0.1, -0.05) is 23.2 Å². The molecule has 1 fully saturated rings. The van der Waals surface area contributed by atoms with Crippen molar-refractivity contribution in [3.63, 3.8) is 0 Å². The van der Waals surface area contributed by atoms with E-state index in [2.05, 4.69) is 22.4 Å². The maximum absolute atomic E-state index is 12.0. The van der Waals surface area contributed by atoms with Crippen LogP contribution in [0.4, 0.5) is 0 Å². The molecule has 5 nitrogen and oxygen atoms in total. The average Bonchev–Trinajstić information content (AvgIpc) is 2.31. The zero-order valence-electron chi connectivity index (χ0n) is 9.99. The number of likely N-dealkylation sites (N-methyl/N-ethyl adjacent to an activating group) is 1. The Bertz CT molecular complexity index is 426. The van der Waals surface area contributed by atoms with Gasteiger partial charge in [0.15, 0.2) is 0 Å². The summed E-state index contributed by atoms with van der Waals surface area (Å²) in [7, 11) is 2.06. The van der Waals surface area contributed by atoms with Crippen molar-refractivity contribution in [2.24, 2.45) is 0 Å². The van der Waals surface area contributed by atoms with Crippen molar-refractivity contribution in [1.29, 1.82) is 0 Å². The zero-order chi connectivity index (χ0) is 13.1. The highest BCUT2D eigenvalue weighted by Crippen LogP contribution is 2.14. The molecule has 2 heterocycles. The first-order valence-electron chi connectivity index (χ1n) is 5.62. The Morgan fingerprint density at radius 1 is 1.22 bits per heavy atom. The minimum atomic E-state index is -0.217. The Hall–Kier alpha value is -0.880. The van der Waals surface area contributed by atoms with E-state index in [1.807, 2.05) is 5.01 Å². The molecule has 1 N–H and O–H groups in total. The third kappa shape index (κ3) is 3.55. The molecule has 0 radical (unpaired) electrons. The summed E-state index contributed by atoms with van der Waals surface area (Å²) in [6, 6.07) is 3.00. The van der Waals surface area contributed by atoms with E-state index in [1.54, 1.807) is 0 Å². The van der Waals surface area contributed by atoms with Gasteiger partial charge in [0.25, 0.3) is 5.91 Å². The number of carbonyl (C=O) groups is 1. The van der Waals surface area contributed by atoms with Gasteiger partial charge in [-0.3, -0.25) is 10.2 Å². The molecule has 2 rings (SSSR count). The van der Waals surface area contributed by atoms with E-state index >= 15 is 0 Å². The lowest BCUT2D eigenvalue weighted by Gasteiger charge is -2.32. The second-order valence-corrected chi connectivity index (χ2v) is 5.01. The lowest BCUT2D eigenvalue weighted by Crippen LogP contribution is -2.52. The molecular formula is C11H14Cl2N4O. The van der Waals surface area contributed by atoms with Gasteiger partial charge in [0, 0.05) is 31.7 Å². The number of nitrogens with one attached hydrogen (secondary N) is 1. The van der Waals surface area contributed by atoms with Gasteiger partial charge in [-0.05, 0) is 19.2 Å². The number of piperazine rings is 1. The normalized spacial score (nSPS) is 17.7. The van der Waals surface area contributed by atoms with E-state index in [-0.39, 0.29) is 16.2 Å². The van der Waals surface area contributed by atoms with Gasteiger partial charge < -0.3 is 4.90 Å². The van der Waals surface area contributed by atoms with Gasteiger partial charge in [0.05, 0.1) is 0 Å². The maximum atomic E-state index is 12.0. The Morgan fingerprint density at radius 3 is 2.33 bits per heavy atom. The van der Waals surface area contributed by atoms with Crippen LogP contribution in [0.15, 0.2) is 12.1 Å². The lowest BCUT2D eigenvalue weighted by atomic mass is 10.2. The third-order valence-electron chi connectivity index (χ3n) is 2.79. The predicted octanol–water partition coefficient (Wildman–Crippen LogP) is 1.28.